The summed E-state index contributed by atoms with van der Waals surface area (Å²) in [5.41, 5.74) is 9.88. The first-order valence-corrected chi connectivity index (χ1v) is 6.85. The van der Waals surface area contributed by atoms with Crippen LogP contribution in [0.2, 0.25) is 0 Å². The van der Waals surface area contributed by atoms with Crippen molar-refractivity contribution in [3.63, 3.8) is 0 Å². The highest BCUT2D eigenvalue weighted by molar-refractivity contribution is 5.59. The summed E-state index contributed by atoms with van der Waals surface area (Å²) in [6.45, 7) is 0. The predicted molar refractivity (Wildman–Crippen MR) is 81.4 cm³/mol. The molecule has 3 heteroatoms. The van der Waals surface area contributed by atoms with Gasteiger partial charge in [0.15, 0.2) is 0 Å². The van der Waals surface area contributed by atoms with Crippen molar-refractivity contribution < 1.29 is 0 Å². The molecule has 0 saturated heterocycles. The Morgan fingerprint density at radius 1 is 1.20 bits per heavy atom. The molecule has 0 amide bonds. The second-order valence-corrected chi connectivity index (χ2v) is 5.25. The van der Waals surface area contributed by atoms with Gasteiger partial charge in [-0.15, -0.1) is 0 Å². The Labute approximate surface area is 119 Å². The smallest absolute Gasteiger partial charge is 0.0670 e. The van der Waals surface area contributed by atoms with Crippen LogP contribution in [0.1, 0.15) is 23.5 Å². The van der Waals surface area contributed by atoms with E-state index < -0.39 is 0 Å². The maximum Gasteiger partial charge on any atom is 0.0670 e. The number of nitrogens with two attached hydrogens (primary N) is 1. The van der Waals surface area contributed by atoms with E-state index >= 15 is 0 Å². The molecule has 2 atom stereocenters. The maximum atomic E-state index is 8.79. The number of benzene rings is 2. The van der Waals surface area contributed by atoms with Gasteiger partial charge in [0.25, 0.3) is 0 Å². The normalized spacial score (nSPS) is 20.1. The van der Waals surface area contributed by atoms with Crippen molar-refractivity contribution in [1.82, 2.24) is 0 Å². The Balaban J connectivity index is 1.68. The van der Waals surface area contributed by atoms with Crippen molar-refractivity contribution in [3.8, 4) is 6.07 Å². The van der Waals surface area contributed by atoms with Crippen molar-refractivity contribution in [1.29, 1.82) is 5.26 Å². The molecule has 100 valence electrons. The highest BCUT2D eigenvalue weighted by Gasteiger charge is 2.38. The lowest BCUT2D eigenvalue weighted by molar-refractivity contribution is 1.04. The van der Waals surface area contributed by atoms with Gasteiger partial charge in [-0.05, 0) is 35.7 Å². The zero-order valence-electron chi connectivity index (χ0n) is 11.2. The first-order chi connectivity index (χ1) is 9.78. The SMILES string of the molecule is N#CCc1cc(NC2CC2c2ccccc2)ccc1N. The van der Waals surface area contributed by atoms with Crippen LogP contribution >= 0.6 is 0 Å². The van der Waals surface area contributed by atoms with Gasteiger partial charge in [0, 0.05) is 23.3 Å². The molecular formula is C17H17N3. The molecule has 3 nitrogen and oxygen atoms in total. The lowest BCUT2D eigenvalue weighted by Crippen LogP contribution is -2.05. The number of nitrogens with zero attached hydrogens (tertiary/aromatic N) is 1. The summed E-state index contributed by atoms with van der Waals surface area (Å²) >= 11 is 0. The minimum absolute atomic E-state index is 0.355. The van der Waals surface area contributed by atoms with E-state index in [1.807, 2.05) is 24.3 Å². The second kappa shape index (κ2) is 5.26. The van der Waals surface area contributed by atoms with Gasteiger partial charge in [0.1, 0.15) is 0 Å². The third-order valence-electron chi connectivity index (χ3n) is 3.78. The van der Waals surface area contributed by atoms with Crippen LogP contribution < -0.4 is 11.1 Å². The third kappa shape index (κ3) is 2.60. The second-order valence-electron chi connectivity index (χ2n) is 5.25. The van der Waals surface area contributed by atoms with E-state index in [1.165, 1.54) is 5.56 Å². The van der Waals surface area contributed by atoms with Gasteiger partial charge in [-0.25, -0.2) is 0 Å². The van der Waals surface area contributed by atoms with E-state index in [0.717, 1.165) is 17.7 Å². The summed E-state index contributed by atoms with van der Waals surface area (Å²) in [7, 11) is 0. The predicted octanol–water partition coefficient (Wildman–Crippen LogP) is 3.30. The molecule has 0 aliphatic heterocycles. The molecule has 2 unspecified atom stereocenters. The molecule has 1 aliphatic rings. The van der Waals surface area contributed by atoms with Crippen LogP contribution in [0.4, 0.5) is 11.4 Å². The number of nitrogen functional groups attached to an aromatic ring is 1. The highest BCUT2D eigenvalue weighted by atomic mass is 15.0. The monoisotopic (exact) mass is 263 g/mol. The van der Waals surface area contributed by atoms with Gasteiger partial charge < -0.3 is 11.1 Å². The Morgan fingerprint density at radius 2 is 2.00 bits per heavy atom. The average Bonchev–Trinajstić information content (AvgIpc) is 3.23. The number of rotatable bonds is 4. The molecule has 1 saturated carbocycles. The molecule has 2 aromatic carbocycles. The number of hydrogen-bond donors (Lipinski definition) is 2. The Hall–Kier alpha value is -2.47. The van der Waals surface area contributed by atoms with E-state index in [2.05, 4.69) is 35.7 Å². The standard InChI is InChI=1S/C17H17N3/c18-9-8-13-10-14(6-7-16(13)19)20-17-11-15(17)12-4-2-1-3-5-12/h1-7,10,15,17,20H,8,11,19H2. The molecule has 0 radical (unpaired) electrons. The van der Waals surface area contributed by atoms with Crippen molar-refractivity contribution in [2.45, 2.75) is 24.8 Å². The number of hydrogen-bond acceptors (Lipinski definition) is 3. The van der Waals surface area contributed by atoms with Gasteiger partial charge in [-0.3, -0.25) is 0 Å². The molecular weight excluding hydrogens is 246 g/mol. The van der Waals surface area contributed by atoms with E-state index in [0.29, 0.717) is 24.1 Å². The fourth-order valence-electron chi connectivity index (χ4n) is 2.57. The summed E-state index contributed by atoms with van der Waals surface area (Å²) < 4.78 is 0. The molecule has 0 bridgehead atoms. The number of nitrogens with one attached hydrogen (secondary N) is 1. The van der Waals surface area contributed by atoms with Crippen LogP contribution in [-0.2, 0) is 6.42 Å². The molecule has 3 rings (SSSR count). The van der Waals surface area contributed by atoms with Gasteiger partial charge >= 0.3 is 0 Å². The van der Waals surface area contributed by atoms with E-state index in [1.54, 1.807) is 0 Å². The van der Waals surface area contributed by atoms with Crippen molar-refractivity contribution in [2.24, 2.45) is 0 Å². The molecule has 1 aliphatic carbocycles. The molecule has 2 aromatic rings. The van der Waals surface area contributed by atoms with Crippen LogP contribution in [0, 0.1) is 11.3 Å². The summed E-state index contributed by atoms with van der Waals surface area (Å²) in [6, 6.07) is 19.0. The fourth-order valence-corrected chi connectivity index (χ4v) is 2.57. The van der Waals surface area contributed by atoms with E-state index in [9.17, 15) is 0 Å². The Morgan fingerprint density at radius 3 is 2.75 bits per heavy atom. The lowest BCUT2D eigenvalue weighted by Gasteiger charge is -2.09. The van der Waals surface area contributed by atoms with Crippen LogP contribution in [0.5, 0.6) is 0 Å². The Kier molecular flexibility index (Phi) is 3.30. The van der Waals surface area contributed by atoms with Crippen molar-refractivity contribution in [3.05, 3.63) is 59.7 Å². The minimum Gasteiger partial charge on any atom is -0.398 e. The highest BCUT2D eigenvalue weighted by Crippen LogP contribution is 2.42. The summed E-state index contributed by atoms with van der Waals surface area (Å²) in [5.74, 6) is 0.591. The molecule has 3 N–H and O–H groups in total. The zero-order valence-corrected chi connectivity index (χ0v) is 11.2. The summed E-state index contributed by atoms with van der Waals surface area (Å²) in [4.78, 5) is 0. The molecule has 1 fully saturated rings. The first kappa shape index (κ1) is 12.6. The maximum absolute atomic E-state index is 8.79. The fraction of sp³-hybridized carbons (Fsp3) is 0.235. The van der Waals surface area contributed by atoms with Gasteiger partial charge in [0.05, 0.1) is 12.5 Å². The summed E-state index contributed by atoms with van der Waals surface area (Å²) in [6.07, 6.45) is 1.51. The molecule has 0 aromatic heterocycles. The lowest BCUT2D eigenvalue weighted by atomic mass is 10.1. The quantitative estimate of drug-likeness (QED) is 0.832. The topological polar surface area (TPSA) is 61.8 Å². The Bertz CT molecular complexity index is 643. The first-order valence-electron chi connectivity index (χ1n) is 6.85. The van der Waals surface area contributed by atoms with Gasteiger partial charge in [-0.1, -0.05) is 30.3 Å². The number of nitriles is 1. The molecule has 20 heavy (non-hydrogen) atoms. The molecule has 0 spiro atoms. The average molecular weight is 263 g/mol. The van der Waals surface area contributed by atoms with E-state index in [4.69, 9.17) is 11.0 Å². The number of anilines is 2. The van der Waals surface area contributed by atoms with Crippen molar-refractivity contribution >= 4 is 11.4 Å². The summed E-state index contributed by atoms with van der Waals surface area (Å²) in [5, 5.41) is 12.3. The van der Waals surface area contributed by atoms with Gasteiger partial charge in [0.2, 0.25) is 0 Å². The van der Waals surface area contributed by atoms with Crippen molar-refractivity contribution in [2.75, 3.05) is 11.1 Å². The third-order valence-corrected chi connectivity index (χ3v) is 3.78. The van der Waals surface area contributed by atoms with E-state index in [-0.39, 0.29) is 0 Å². The van der Waals surface area contributed by atoms with Crippen LogP contribution in [0.25, 0.3) is 0 Å². The van der Waals surface area contributed by atoms with Gasteiger partial charge in [-0.2, -0.15) is 5.26 Å². The molecule has 0 heterocycles. The minimum atomic E-state index is 0.355. The van der Waals surface area contributed by atoms with Crippen LogP contribution in [-0.4, -0.2) is 6.04 Å². The zero-order chi connectivity index (χ0) is 13.9. The van der Waals surface area contributed by atoms with Crippen LogP contribution in [0.15, 0.2) is 48.5 Å². The largest absolute Gasteiger partial charge is 0.398 e. The van der Waals surface area contributed by atoms with Crippen LogP contribution in [0.3, 0.4) is 0 Å².